The summed E-state index contributed by atoms with van der Waals surface area (Å²) in [5, 5.41) is 10.00. The van der Waals surface area contributed by atoms with Crippen molar-refractivity contribution >= 4 is 34.3 Å². The van der Waals surface area contributed by atoms with E-state index in [2.05, 4.69) is 20.9 Å². The predicted octanol–water partition coefficient (Wildman–Crippen LogP) is 5.53. The second-order valence-electron chi connectivity index (χ2n) is 13.6. The maximum absolute atomic E-state index is 16.8. The number of hydrogen-bond donors (Lipinski definition) is 0. The largest absolute Gasteiger partial charge is 0.489 e. The standard InChI is InChI=1S/C37H37F3N8O4/c38-25-18-37(11-5-13-46(37)20-25)23-52-35-43-31-27(19-42-34(30(31)40)48-16-17-50-29-9-4-8-28(39)32(29)48)33(44-35)45-14-15-47(26(21-45)10-12-41)36(49)51-22-24-6-2-1-3-7-24/h1-4,6-9,19,25-26H,5,10-11,13-18,20-23H2/t25-,26+,37+/m1/s1. The van der Waals surface area contributed by atoms with Gasteiger partial charge in [0.15, 0.2) is 17.5 Å². The summed E-state index contributed by atoms with van der Waals surface area (Å²) in [6.45, 7) is 2.32. The molecule has 3 saturated heterocycles. The number of anilines is 3. The monoisotopic (exact) mass is 714 g/mol. The maximum Gasteiger partial charge on any atom is 0.410 e. The van der Waals surface area contributed by atoms with Crippen LogP contribution in [-0.2, 0) is 11.3 Å². The second kappa shape index (κ2) is 14.0. The Morgan fingerprint density at radius 1 is 1.04 bits per heavy atom. The molecule has 2 aromatic heterocycles. The first-order valence-electron chi connectivity index (χ1n) is 17.5. The van der Waals surface area contributed by atoms with Crippen LogP contribution in [0, 0.1) is 23.0 Å². The molecule has 2 aromatic carbocycles. The zero-order chi connectivity index (χ0) is 35.8. The molecule has 8 rings (SSSR count). The lowest BCUT2D eigenvalue weighted by molar-refractivity contribution is 0.0768. The van der Waals surface area contributed by atoms with Crippen molar-refractivity contribution in [1.29, 1.82) is 5.26 Å². The van der Waals surface area contributed by atoms with Gasteiger partial charge in [-0.1, -0.05) is 36.4 Å². The van der Waals surface area contributed by atoms with E-state index in [1.165, 1.54) is 28.1 Å². The number of pyridine rings is 1. The van der Waals surface area contributed by atoms with Crippen molar-refractivity contribution in [2.45, 2.75) is 50.0 Å². The minimum Gasteiger partial charge on any atom is -0.489 e. The Labute approximate surface area is 298 Å². The number of nitrogens with zero attached hydrogens (tertiary/aromatic N) is 8. The molecular weight excluding hydrogens is 677 g/mol. The highest BCUT2D eigenvalue weighted by Gasteiger charge is 2.49. The van der Waals surface area contributed by atoms with Crippen molar-refractivity contribution in [2.75, 3.05) is 62.3 Å². The van der Waals surface area contributed by atoms with Gasteiger partial charge in [0.2, 0.25) is 0 Å². The number of nitriles is 1. The predicted molar refractivity (Wildman–Crippen MR) is 184 cm³/mol. The van der Waals surface area contributed by atoms with E-state index in [9.17, 15) is 14.4 Å². The normalized spacial score (nSPS) is 22.8. The SMILES string of the molecule is N#CC[C@H]1CN(c2nc(OC[C@@]34CCCN3C[C@H](F)C4)nc3c(F)c(N4CCOc5cccc(F)c54)ncc23)CCN1C(=O)OCc1ccccc1. The van der Waals surface area contributed by atoms with Crippen LogP contribution in [0.5, 0.6) is 11.8 Å². The number of rotatable bonds is 8. The third-order valence-corrected chi connectivity index (χ3v) is 10.5. The van der Waals surface area contributed by atoms with Crippen molar-refractivity contribution < 1.29 is 32.2 Å². The number of carbonyl (C=O) groups is 1. The second-order valence-corrected chi connectivity index (χ2v) is 13.6. The molecule has 6 heterocycles. The molecule has 0 saturated carbocycles. The van der Waals surface area contributed by atoms with Crippen molar-refractivity contribution in [3.8, 4) is 17.8 Å². The highest BCUT2D eigenvalue weighted by atomic mass is 19.1. The third-order valence-electron chi connectivity index (χ3n) is 10.5. The Morgan fingerprint density at radius 3 is 2.75 bits per heavy atom. The molecule has 0 bridgehead atoms. The van der Waals surface area contributed by atoms with Crippen LogP contribution in [0.1, 0.15) is 31.2 Å². The number of carbonyl (C=O) groups excluding carboxylic acids is 1. The number of alkyl halides is 1. The zero-order valence-electron chi connectivity index (χ0n) is 28.4. The van der Waals surface area contributed by atoms with Gasteiger partial charge in [0.1, 0.15) is 48.8 Å². The summed E-state index contributed by atoms with van der Waals surface area (Å²) >= 11 is 0. The number of piperazine rings is 1. The highest BCUT2D eigenvalue weighted by molar-refractivity contribution is 5.92. The highest BCUT2D eigenvalue weighted by Crippen LogP contribution is 2.42. The van der Waals surface area contributed by atoms with Crippen molar-refractivity contribution in [3.05, 3.63) is 71.9 Å². The lowest BCUT2D eigenvalue weighted by Gasteiger charge is -2.40. The Morgan fingerprint density at radius 2 is 1.90 bits per heavy atom. The molecule has 0 radical (unpaired) electrons. The number of hydrogen-bond acceptors (Lipinski definition) is 11. The molecule has 52 heavy (non-hydrogen) atoms. The molecule has 4 aromatic rings. The molecular formula is C37H37F3N8O4. The van der Waals surface area contributed by atoms with E-state index < -0.39 is 35.5 Å². The number of halogens is 3. The van der Waals surface area contributed by atoms with Gasteiger partial charge in [-0.25, -0.2) is 22.9 Å². The first-order valence-corrected chi connectivity index (χ1v) is 17.5. The van der Waals surface area contributed by atoms with Crippen LogP contribution in [0.4, 0.5) is 35.3 Å². The van der Waals surface area contributed by atoms with E-state index in [1.807, 2.05) is 35.2 Å². The van der Waals surface area contributed by atoms with Crippen LogP contribution in [0.25, 0.3) is 10.9 Å². The molecule has 0 spiro atoms. The summed E-state index contributed by atoms with van der Waals surface area (Å²) in [7, 11) is 0. The number of aromatic nitrogens is 3. The summed E-state index contributed by atoms with van der Waals surface area (Å²) in [6.07, 6.45) is 1.97. The van der Waals surface area contributed by atoms with Crippen molar-refractivity contribution in [2.24, 2.45) is 0 Å². The molecule has 15 heteroatoms. The van der Waals surface area contributed by atoms with Crippen LogP contribution < -0.4 is 19.3 Å². The topological polar surface area (TPSA) is 120 Å². The lowest BCUT2D eigenvalue weighted by atomic mass is 9.95. The summed E-state index contributed by atoms with van der Waals surface area (Å²) in [4.78, 5) is 33.9. The molecule has 12 nitrogen and oxygen atoms in total. The van der Waals surface area contributed by atoms with E-state index in [1.54, 1.807) is 6.07 Å². The van der Waals surface area contributed by atoms with Gasteiger partial charge >= 0.3 is 12.1 Å². The van der Waals surface area contributed by atoms with Gasteiger partial charge in [-0.05, 0) is 37.1 Å². The van der Waals surface area contributed by atoms with Gasteiger partial charge in [0, 0.05) is 38.8 Å². The molecule has 0 aliphatic carbocycles. The first kappa shape index (κ1) is 33.8. The number of ether oxygens (including phenoxy) is 3. The van der Waals surface area contributed by atoms with Crippen LogP contribution in [0.3, 0.4) is 0 Å². The number of benzene rings is 2. The fraction of sp³-hybridized carbons (Fsp3) is 0.432. The summed E-state index contributed by atoms with van der Waals surface area (Å²) in [5.74, 6) is -0.946. The zero-order valence-corrected chi connectivity index (χ0v) is 28.4. The molecule has 4 aliphatic heterocycles. The van der Waals surface area contributed by atoms with E-state index in [0.717, 1.165) is 24.9 Å². The minimum absolute atomic E-state index is 0.0187. The Bertz CT molecular complexity index is 2020. The van der Waals surface area contributed by atoms with Gasteiger partial charge in [-0.2, -0.15) is 15.2 Å². The van der Waals surface area contributed by atoms with E-state index in [4.69, 9.17) is 19.2 Å². The summed E-state index contributed by atoms with van der Waals surface area (Å²) in [6, 6.07) is 15.2. The fourth-order valence-corrected chi connectivity index (χ4v) is 7.97. The van der Waals surface area contributed by atoms with Crippen molar-refractivity contribution in [1.82, 2.24) is 24.8 Å². The van der Waals surface area contributed by atoms with E-state index >= 15 is 8.78 Å². The van der Waals surface area contributed by atoms with E-state index in [0.29, 0.717) is 18.8 Å². The smallest absolute Gasteiger partial charge is 0.410 e. The molecule has 0 N–H and O–H groups in total. The molecule has 270 valence electrons. The summed E-state index contributed by atoms with van der Waals surface area (Å²) in [5.41, 5.74) is 0.315. The number of fused-ring (bicyclic) bond motifs is 3. The van der Waals surface area contributed by atoms with Gasteiger partial charge in [0.25, 0.3) is 0 Å². The number of para-hydroxylation sites is 1. The van der Waals surface area contributed by atoms with Gasteiger partial charge in [-0.3, -0.25) is 4.90 Å². The average Bonchev–Trinajstić information content (AvgIpc) is 3.69. The van der Waals surface area contributed by atoms with Gasteiger partial charge in [0.05, 0.1) is 36.0 Å². The summed E-state index contributed by atoms with van der Waals surface area (Å²) < 4.78 is 64.0. The molecule has 3 fully saturated rings. The van der Waals surface area contributed by atoms with Crippen LogP contribution in [-0.4, -0.2) is 101 Å². The van der Waals surface area contributed by atoms with Crippen LogP contribution >= 0.6 is 0 Å². The van der Waals surface area contributed by atoms with Gasteiger partial charge < -0.3 is 28.9 Å². The fourth-order valence-electron chi connectivity index (χ4n) is 7.97. The first-order chi connectivity index (χ1) is 25.3. The van der Waals surface area contributed by atoms with E-state index in [-0.39, 0.29) is 86.6 Å². The Hall–Kier alpha value is -5.36. The quantitative estimate of drug-likeness (QED) is 0.229. The number of amides is 1. The molecule has 1 amide bonds. The Balaban J connectivity index is 1.13. The molecule has 4 aliphatic rings. The van der Waals surface area contributed by atoms with Gasteiger partial charge in [-0.15, -0.1) is 0 Å². The minimum atomic E-state index is -0.965. The third kappa shape index (κ3) is 6.25. The average molecular weight is 715 g/mol. The van der Waals surface area contributed by atoms with Crippen LogP contribution in [0.2, 0.25) is 0 Å². The molecule has 0 unspecified atom stereocenters. The lowest BCUT2D eigenvalue weighted by Crippen LogP contribution is -2.55. The Kier molecular flexibility index (Phi) is 9.08. The maximum atomic E-state index is 16.8. The molecule has 3 atom stereocenters. The van der Waals surface area contributed by atoms with Crippen molar-refractivity contribution in [3.63, 3.8) is 0 Å². The van der Waals surface area contributed by atoms with Crippen LogP contribution in [0.15, 0.2) is 54.7 Å².